The van der Waals surface area contributed by atoms with Crippen LogP contribution in [0.25, 0.3) is 0 Å². The molecule has 1 atom stereocenters. The van der Waals surface area contributed by atoms with Gasteiger partial charge in [-0.2, -0.15) is 0 Å². The Bertz CT molecular complexity index is 605. The summed E-state index contributed by atoms with van der Waals surface area (Å²) in [7, 11) is -3.06. The van der Waals surface area contributed by atoms with E-state index in [0.717, 1.165) is 10.0 Å². The van der Waals surface area contributed by atoms with E-state index in [2.05, 4.69) is 21.2 Å². The van der Waals surface area contributed by atoms with Gasteiger partial charge in [0, 0.05) is 4.47 Å². The average molecular weight is 347 g/mol. The molecule has 0 bridgehead atoms. The molecule has 2 rings (SSSR count). The molecule has 0 saturated carbocycles. The normalized spacial score (nSPS) is 21.3. The van der Waals surface area contributed by atoms with Gasteiger partial charge in [-0.05, 0) is 31.0 Å². The maximum atomic E-state index is 12.0. The number of nitrogen functional groups attached to an aromatic ring is 1. The number of halogens is 1. The molecule has 0 spiro atoms. The Balaban J connectivity index is 2.16. The summed E-state index contributed by atoms with van der Waals surface area (Å²) in [6, 6.07) is 3.55. The van der Waals surface area contributed by atoms with Crippen LogP contribution >= 0.6 is 15.9 Å². The number of carbonyl (C=O) groups is 1. The van der Waals surface area contributed by atoms with Gasteiger partial charge in [-0.3, -0.25) is 4.79 Å². The summed E-state index contributed by atoms with van der Waals surface area (Å²) in [6.45, 7) is 1.84. The second kappa shape index (κ2) is 5.13. The molecule has 1 heterocycles. The van der Waals surface area contributed by atoms with E-state index in [1.165, 1.54) is 0 Å². The summed E-state index contributed by atoms with van der Waals surface area (Å²) in [6.07, 6.45) is 0.379. The van der Waals surface area contributed by atoms with Crippen molar-refractivity contribution in [3.63, 3.8) is 0 Å². The summed E-state index contributed by atoms with van der Waals surface area (Å²) < 4.78 is 23.6. The lowest BCUT2D eigenvalue weighted by atomic mass is 10.1. The van der Waals surface area contributed by atoms with Gasteiger partial charge in [-0.25, -0.2) is 8.42 Å². The third-order valence-corrected chi connectivity index (χ3v) is 5.41. The molecule has 1 unspecified atom stereocenters. The van der Waals surface area contributed by atoms with Gasteiger partial charge in [0.25, 0.3) is 0 Å². The minimum atomic E-state index is -3.06. The van der Waals surface area contributed by atoms with Crippen molar-refractivity contribution in [1.82, 2.24) is 0 Å². The monoisotopic (exact) mass is 346 g/mol. The van der Waals surface area contributed by atoms with Crippen LogP contribution in [0.1, 0.15) is 12.0 Å². The third-order valence-electron chi connectivity index (χ3n) is 3.18. The smallest absolute Gasteiger partial charge is 0.228 e. The molecule has 1 aromatic carbocycles. The van der Waals surface area contributed by atoms with Gasteiger partial charge in [-0.15, -0.1) is 0 Å². The van der Waals surface area contributed by atoms with Gasteiger partial charge in [-0.1, -0.05) is 15.9 Å². The highest BCUT2D eigenvalue weighted by molar-refractivity contribution is 9.10. The highest BCUT2D eigenvalue weighted by atomic mass is 79.9. The molecule has 0 radical (unpaired) electrons. The minimum Gasteiger partial charge on any atom is -0.397 e. The van der Waals surface area contributed by atoms with Gasteiger partial charge in [0.2, 0.25) is 5.91 Å². The number of rotatable bonds is 2. The number of aryl methyl sites for hydroxylation is 1. The summed E-state index contributed by atoms with van der Waals surface area (Å²) >= 11 is 3.32. The number of amides is 1. The molecular formula is C12H15BrN2O3S. The predicted molar refractivity (Wildman–Crippen MR) is 78.7 cm³/mol. The fourth-order valence-corrected chi connectivity index (χ4v) is 4.50. The van der Waals surface area contributed by atoms with Crippen molar-refractivity contribution in [1.29, 1.82) is 0 Å². The molecule has 7 heteroatoms. The number of benzene rings is 1. The van der Waals surface area contributed by atoms with Crippen molar-refractivity contribution in [3.8, 4) is 0 Å². The van der Waals surface area contributed by atoms with Crippen molar-refractivity contribution in [2.24, 2.45) is 5.92 Å². The first-order chi connectivity index (χ1) is 8.78. The van der Waals surface area contributed by atoms with Crippen LogP contribution in [0.2, 0.25) is 0 Å². The van der Waals surface area contributed by atoms with Crippen molar-refractivity contribution >= 4 is 43.0 Å². The first-order valence-corrected chi connectivity index (χ1v) is 8.47. The summed E-state index contributed by atoms with van der Waals surface area (Å²) in [5.41, 5.74) is 7.71. The molecule has 1 fully saturated rings. The Morgan fingerprint density at radius 1 is 1.47 bits per heavy atom. The summed E-state index contributed by atoms with van der Waals surface area (Å²) in [4.78, 5) is 12.0. The Hall–Kier alpha value is -1.08. The van der Waals surface area contributed by atoms with Gasteiger partial charge >= 0.3 is 0 Å². The van der Waals surface area contributed by atoms with E-state index in [-0.39, 0.29) is 17.4 Å². The lowest BCUT2D eigenvalue weighted by Crippen LogP contribution is -2.24. The minimum absolute atomic E-state index is 0.0751. The highest BCUT2D eigenvalue weighted by Crippen LogP contribution is 2.29. The standard InChI is InChI=1S/C12H15BrN2O3S/c1-7-4-9(13)5-10(14)11(7)15-12(16)8-2-3-19(17,18)6-8/h4-5,8H,2-3,6,14H2,1H3,(H,15,16). The number of hydrogen-bond donors (Lipinski definition) is 2. The van der Waals surface area contributed by atoms with Crippen LogP contribution in [0.15, 0.2) is 16.6 Å². The third kappa shape index (κ3) is 3.27. The Labute approximate surface area is 120 Å². The lowest BCUT2D eigenvalue weighted by Gasteiger charge is -2.14. The molecule has 1 aliphatic rings. The second-order valence-electron chi connectivity index (χ2n) is 4.78. The zero-order valence-electron chi connectivity index (χ0n) is 10.4. The van der Waals surface area contributed by atoms with E-state index >= 15 is 0 Å². The lowest BCUT2D eigenvalue weighted by molar-refractivity contribution is -0.119. The number of anilines is 2. The molecule has 5 nitrogen and oxygen atoms in total. The molecule has 1 amide bonds. The molecular weight excluding hydrogens is 332 g/mol. The van der Waals surface area contributed by atoms with Crippen LogP contribution in [0.3, 0.4) is 0 Å². The first-order valence-electron chi connectivity index (χ1n) is 5.85. The average Bonchev–Trinajstić information content (AvgIpc) is 2.64. The molecule has 104 valence electrons. The van der Waals surface area contributed by atoms with Crippen LogP contribution in [0, 0.1) is 12.8 Å². The van der Waals surface area contributed by atoms with E-state index in [4.69, 9.17) is 5.73 Å². The van der Waals surface area contributed by atoms with Crippen LogP contribution in [0.4, 0.5) is 11.4 Å². The van der Waals surface area contributed by atoms with Gasteiger partial charge < -0.3 is 11.1 Å². The molecule has 3 N–H and O–H groups in total. The van der Waals surface area contributed by atoms with E-state index in [9.17, 15) is 13.2 Å². The maximum absolute atomic E-state index is 12.0. The van der Waals surface area contributed by atoms with Crippen LogP contribution in [-0.2, 0) is 14.6 Å². The van der Waals surface area contributed by atoms with Crippen LogP contribution in [-0.4, -0.2) is 25.8 Å². The molecule has 0 aliphatic carbocycles. The first kappa shape index (κ1) is 14.3. The molecule has 1 aromatic rings. The maximum Gasteiger partial charge on any atom is 0.228 e. The largest absolute Gasteiger partial charge is 0.397 e. The van der Waals surface area contributed by atoms with Gasteiger partial charge in [0.05, 0.1) is 28.8 Å². The van der Waals surface area contributed by atoms with Crippen molar-refractivity contribution < 1.29 is 13.2 Å². The zero-order chi connectivity index (χ0) is 14.2. The number of sulfone groups is 1. The van der Waals surface area contributed by atoms with E-state index in [1.807, 2.05) is 13.0 Å². The van der Waals surface area contributed by atoms with Crippen molar-refractivity contribution in [2.75, 3.05) is 22.6 Å². The number of nitrogens with one attached hydrogen (secondary N) is 1. The molecule has 19 heavy (non-hydrogen) atoms. The Morgan fingerprint density at radius 2 is 2.16 bits per heavy atom. The Kier molecular flexibility index (Phi) is 3.87. The fourth-order valence-electron chi connectivity index (χ4n) is 2.17. The Morgan fingerprint density at radius 3 is 2.68 bits per heavy atom. The van der Waals surface area contributed by atoms with Gasteiger partial charge in [0.1, 0.15) is 0 Å². The zero-order valence-corrected chi connectivity index (χ0v) is 12.8. The van der Waals surface area contributed by atoms with Crippen LogP contribution < -0.4 is 11.1 Å². The summed E-state index contributed by atoms with van der Waals surface area (Å²) in [5.74, 6) is -0.751. The quantitative estimate of drug-likeness (QED) is 0.797. The molecule has 1 aliphatic heterocycles. The van der Waals surface area contributed by atoms with Crippen molar-refractivity contribution in [3.05, 3.63) is 22.2 Å². The highest BCUT2D eigenvalue weighted by Gasteiger charge is 2.33. The molecule has 1 saturated heterocycles. The number of nitrogens with two attached hydrogens (primary N) is 1. The van der Waals surface area contributed by atoms with Crippen LogP contribution in [0.5, 0.6) is 0 Å². The van der Waals surface area contributed by atoms with Gasteiger partial charge in [0.15, 0.2) is 9.84 Å². The van der Waals surface area contributed by atoms with Crippen molar-refractivity contribution in [2.45, 2.75) is 13.3 Å². The summed E-state index contributed by atoms with van der Waals surface area (Å²) in [5, 5.41) is 2.74. The van der Waals surface area contributed by atoms with E-state index < -0.39 is 15.8 Å². The van der Waals surface area contributed by atoms with E-state index in [0.29, 0.717) is 17.8 Å². The number of hydrogen-bond acceptors (Lipinski definition) is 4. The topological polar surface area (TPSA) is 89.3 Å². The SMILES string of the molecule is Cc1cc(Br)cc(N)c1NC(=O)C1CCS(=O)(=O)C1. The molecule has 0 aromatic heterocycles. The number of carbonyl (C=O) groups excluding carboxylic acids is 1. The predicted octanol–water partition coefficient (Wildman–Crippen LogP) is 1.71. The second-order valence-corrected chi connectivity index (χ2v) is 7.92. The van der Waals surface area contributed by atoms with E-state index in [1.54, 1.807) is 6.07 Å². The fraction of sp³-hybridized carbons (Fsp3) is 0.417.